The Morgan fingerprint density at radius 1 is 1.09 bits per heavy atom. The highest BCUT2D eigenvalue weighted by Crippen LogP contribution is 2.17. The summed E-state index contributed by atoms with van der Waals surface area (Å²) in [4.78, 5) is 14.3. The SMILES string of the molecule is CCCN(CC(=O)Nc1ccc(N(CC)CC)cc1)S(C)(=O)=O. The number of nitrogens with one attached hydrogen (secondary N) is 1. The van der Waals surface area contributed by atoms with E-state index in [9.17, 15) is 13.2 Å². The Hall–Kier alpha value is -1.60. The molecule has 0 radical (unpaired) electrons. The van der Waals surface area contributed by atoms with Crippen LogP contribution >= 0.6 is 0 Å². The second-order valence-corrected chi connectivity index (χ2v) is 7.35. The van der Waals surface area contributed by atoms with Gasteiger partial charge in [-0.1, -0.05) is 6.92 Å². The van der Waals surface area contributed by atoms with E-state index in [1.165, 1.54) is 4.31 Å². The molecule has 0 aromatic heterocycles. The number of amides is 1. The van der Waals surface area contributed by atoms with Crippen LogP contribution in [0.4, 0.5) is 11.4 Å². The van der Waals surface area contributed by atoms with E-state index >= 15 is 0 Å². The lowest BCUT2D eigenvalue weighted by molar-refractivity contribution is -0.116. The molecule has 0 bridgehead atoms. The maximum absolute atomic E-state index is 12.0. The molecule has 0 aliphatic heterocycles. The van der Waals surface area contributed by atoms with E-state index < -0.39 is 10.0 Å². The van der Waals surface area contributed by atoms with Crippen molar-refractivity contribution in [2.45, 2.75) is 27.2 Å². The van der Waals surface area contributed by atoms with Crippen molar-refractivity contribution in [2.24, 2.45) is 0 Å². The molecule has 6 nitrogen and oxygen atoms in total. The third kappa shape index (κ3) is 6.19. The van der Waals surface area contributed by atoms with Gasteiger partial charge in [-0.25, -0.2) is 8.42 Å². The molecule has 1 amide bonds. The second-order valence-electron chi connectivity index (χ2n) is 5.36. The summed E-state index contributed by atoms with van der Waals surface area (Å²) in [5, 5.41) is 2.74. The number of hydrogen-bond donors (Lipinski definition) is 1. The van der Waals surface area contributed by atoms with Crippen molar-refractivity contribution >= 4 is 27.3 Å². The zero-order valence-electron chi connectivity index (χ0n) is 14.4. The number of hydrogen-bond acceptors (Lipinski definition) is 4. The van der Waals surface area contributed by atoms with E-state index in [2.05, 4.69) is 24.1 Å². The molecular formula is C16H27N3O3S. The van der Waals surface area contributed by atoms with Gasteiger partial charge < -0.3 is 10.2 Å². The molecule has 0 fully saturated rings. The largest absolute Gasteiger partial charge is 0.372 e. The molecule has 0 saturated heterocycles. The van der Waals surface area contributed by atoms with Crippen LogP contribution < -0.4 is 10.2 Å². The standard InChI is InChI=1S/C16H27N3O3S/c1-5-12-19(23(4,21)22)13-16(20)17-14-8-10-15(11-9-14)18(6-2)7-3/h8-11H,5-7,12-13H2,1-4H3,(H,17,20). The van der Waals surface area contributed by atoms with Crippen molar-refractivity contribution in [1.82, 2.24) is 4.31 Å². The smallest absolute Gasteiger partial charge is 0.239 e. The van der Waals surface area contributed by atoms with Crippen LogP contribution in [0.1, 0.15) is 27.2 Å². The van der Waals surface area contributed by atoms with Crippen LogP contribution in [0.15, 0.2) is 24.3 Å². The summed E-state index contributed by atoms with van der Waals surface area (Å²) >= 11 is 0. The minimum absolute atomic E-state index is 0.162. The maximum Gasteiger partial charge on any atom is 0.239 e. The first-order chi connectivity index (χ1) is 10.8. The van der Waals surface area contributed by atoms with Crippen LogP contribution in [-0.4, -0.2) is 51.1 Å². The monoisotopic (exact) mass is 341 g/mol. The molecule has 1 rings (SSSR count). The van der Waals surface area contributed by atoms with Crippen molar-refractivity contribution in [3.05, 3.63) is 24.3 Å². The molecule has 0 heterocycles. The van der Waals surface area contributed by atoms with Crippen LogP contribution in [0, 0.1) is 0 Å². The second kappa shape index (κ2) is 8.88. The number of anilines is 2. The van der Waals surface area contributed by atoms with Crippen LogP contribution in [0.25, 0.3) is 0 Å². The Labute approximate surface area is 139 Å². The molecule has 0 spiro atoms. The topological polar surface area (TPSA) is 69.7 Å². The first kappa shape index (κ1) is 19.4. The van der Waals surface area contributed by atoms with Crippen LogP contribution in [0.5, 0.6) is 0 Å². The summed E-state index contributed by atoms with van der Waals surface area (Å²) < 4.78 is 24.5. The summed E-state index contributed by atoms with van der Waals surface area (Å²) in [6, 6.07) is 7.55. The van der Waals surface area contributed by atoms with E-state index in [0.29, 0.717) is 18.7 Å². The molecule has 23 heavy (non-hydrogen) atoms. The third-order valence-corrected chi connectivity index (χ3v) is 4.79. The van der Waals surface area contributed by atoms with Crippen molar-refractivity contribution in [3.8, 4) is 0 Å². The molecule has 1 N–H and O–H groups in total. The van der Waals surface area contributed by atoms with E-state index in [4.69, 9.17) is 0 Å². The fourth-order valence-corrected chi connectivity index (χ4v) is 3.18. The quantitative estimate of drug-likeness (QED) is 0.747. The number of carbonyl (C=O) groups is 1. The summed E-state index contributed by atoms with van der Waals surface area (Å²) in [5.74, 6) is -0.334. The summed E-state index contributed by atoms with van der Waals surface area (Å²) in [5.41, 5.74) is 1.76. The predicted molar refractivity (Wildman–Crippen MR) is 95.3 cm³/mol. The molecule has 0 aliphatic carbocycles. The predicted octanol–water partition coefficient (Wildman–Crippen LogP) is 2.14. The van der Waals surface area contributed by atoms with Gasteiger partial charge in [0.1, 0.15) is 0 Å². The molecule has 0 aliphatic rings. The molecule has 7 heteroatoms. The first-order valence-corrected chi connectivity index (χ1v) is 9.76. The number of nitrogens with zero attached hydrogens (tertiary/aromatic N) is 2. The summed E-state index contributed by atoms with van der Waals surface area (Å²) in [7, 11) is -3.37. The molecule has 0 atom stereocenters. The van der Waals surface area contributed by atoms with E-state index in [-0.39, 0.29) is 12.5 Å². The van der Waals surface area contributed by atoms with Crippen LogP contribution in [0.3, 0.4) is 0 Å². The zero-order valence-corrected chi connectivity index (χ0v) is 15.2. The highest BCUT2D eigenvalue weighted by Gasteiger charge is 2.19. The Morgan fingerprint density at radius 3 is 2.09 bits per heavy atom. The zero-order chi connectivity index (χ0) is 17.5. The lowest BCUT2D eigenvalue weighted by Gasteiger charge is -2.21. The van der Waals surface area contributed by atoms with Gasteiger partial charge in [-0.05, 0) is 44.5 Å². The van der Waals surface area contributed by atoms with Gasteiger partial charge in [0, 0.05) is 31.0 Å². The molecule has 0 saturated carbocycles. The van der Waals surface area contributed by atoms with E-state index in [0.717, 1.165) is 25.0 Å². The Morgan fingerprint density at radius 2 is 1.65 bits per heavy atom. The average molecular weight is 341 g/mol. The van der Waals surface area contributed by atoms with Gasteiger partial charge in [-0.2, -0.15) is 4.31 Å². The van der Waals surface area contributed by atoms with Crippen LogP contribution in [0.2, 0.25) is 0 Å². The lowest BCUT2D eigenvalue weighted by Crippen LogP contribution is -2.37. The Kier molecular flexibility index (Phi) is 7.51. The lowest BCUT2D eigenvalue weighted by atomic mass is 10.2. The van der Waals surface area contributed by atoms with Crippen molar-refractivity contribution in [3.63, 3.8) is 0 Å². The van der Waals surface area contributed by atoms with Gasteiger partial charge in [-0.3, -0.25) is 4.79 Å². The van der Waals surface area contributed by atoms with Gasteiger partial charge >= 0.3 is 0 Å². The highest BCUT2D eigenvalue weighted by molar-refractivity contribution is 7.88. The van der Waals surface area contributed by atoms with Gasteiger partial charge in [0.05, 0.1) is 12.8 Å². The summed E-state index contributed by atoms with van der Waals surface area (Å²) in [6.07, 6.45) is 1.79. The van der Waals surface area contributed by atoms with Gasteiger partial charge in [0.15, 0.2) is 0 Å². The molecule has 0 unspecified atom stereocenters. The number of benzene rings is 1. The Balaban J connectivity index is 2.70. The average Bonchev–Trinajstić information content (AvgIpc) is 2.49. The molecular weight excluding hydrogens is 314 g/mol. The fraction of sp³-hybridized carbons (Fsp3) is 0.562. The van der Waals surface area contributed by atoms with Crippen molar-refractivity contribution in [1.29, 1.82) is 0 Å². The maximum atomic E-state index is 12.0. The number of sulfonamides is 1. The minimum Gasteiger partial charge on any atom is -0.372 e. The first-order valence-electron chi connectivity index (χ1n) is 7.91. The molecule has 1 aromatic rings. The third-order valence-electron chi connectivity index (χ3n) is 3.54. The highest BCUT2D eigenvalue weighted by atomic mass is 32.2. The van der Waals surface area contributed by atoms with Crippen molar-refractivity contribution < 1.29 is 13.2 Å². The van der Waals surface area contributed by atoms with Gasteiger partial charge in [0.25, 0.3) is 0 Å². The minimum atomic E-state index is -3.37. The van der Waals surface area contributed by atoms with E-state index in [1.54, 1.807) is 0 Å². The molecule has 1 aromatic carbocycles. The van der Waals surface area contributed by atoms with Gasteiger partial charge in [-0.15, -0.1) is 0 Å². The van der Waals surface area contributed by atoms with E-state index in [1.807, 2.05) is 31.2 Å². The molecule has 130 valence electrons. The van der Waals surface area contributed by atoms with Crippen LogP contribution in [-0.2, 0) is 14.8 Å². The number of carbonyl (C=O) groups excluding carboxylic acids is 1. The number of rotatable bonds is 9. The van der Waals surface area contributed by atoms with Crippen molar-refractivity contribution in [2.75, 3.05) is 42.7 Å². The normalized spacial score (nSPS) is 11.5. The fourth-order valence-electron chi connectivity index (χ4n) is 2.32. The summed E-state index contributed by atoms with van der Waals surface area (Å²) in [6.45, 7) is 8.07. The Bertz CT molecular complexity index is 596. The van der Waals surface area contributed by atoms with Gasteiger partial charge in [0.2, 0.25) is 15.9 Å².